The molecule has 0 radical (unpaired) electrons. The minimum absolute atomic E-state index is 0.00686. The van der Waals surface area contributed by atoms with Gasteiger partial charge in [0.2, 0.25) is 0 Å². The normalized spacial score (nSPS) is 13.3. The van der Waals surface area contributed by atoms with Crippen LogP contribution in [-0.2, 0) is 10.8 Å². The van der Waals surface area contributed by atoms with Gasteiger partial charge in [-0.1, -0.05) is 62.9 Å². The molecule has 3 aromatic rings. The van der Waals surface area contributed by atoms with Gasteiger partial charge in [-0.25, -0.2) is 4.98 Å². The van der Waals surface area contributed by atoms with Crippen LogP contribution < -0.4 is 5.73 Å². The number of hydrogen-bond acceptors (Lipinski definition) is 4. The molecule has 3 rings (SSSR count). The van der Waals surface area contributed by atoms with E-state index >= 15 is 0 Å². The van der Waals surface area contributed by atoms with Crippen LogP contribution in [0, 0.1) is 0 Å². The molecule has 0 fully saturated rings. The summed E-state index contributed by atoms with van der Waals surface area (Å²) in [6, 6.07) is 12.2. The summed E-state index contributed by atoms with van der Waals surface area (Å²) in [5.41, 5.74) is 11.0. The number of aromatic nitrogens is 1. The van der Waals surface area contributed by atoms with Crippen LogP contribution >= 0.6 is 11.3 Å². The molecule has 26 heavy (non-hydrogen) atoms. The van der Waals surface area contributed by atoms with E-state index in [0.717, 1.165) is 32.6 Å². The second kappa shape index (κ2) is 7.56. The summed E-state index contributed by atoms with van der Waals surface area (Å²) in [6.45, 7) is 9.65. The average Bonchev–Trinajstić information content (AvgIpc) is 2.98. The number of nitrogens with two attached hydrogens (primary N) is 1. The van der Waals surface area contributed by atoms with Crippen molar-refractivity contribution in [2.24, 2.45) is 0 Å². The molecule has 1 atom stereocenters. The Kier molecular flexibility index (Phi) is 5.39. The molecule has 0 saturated heterocycles. The second-order valence-electron chi connectivity index (χ2n) is 6.34. The highest BCUT2D eigenvalue weighted by atomic mass is 32.2. The molecule has 0 aliphatic heterocycles. The maximum absolute atomic E-state index is 12.7. The molecule has 5 heteroatoms. The van der Waals surface area contributed by atoms with Crippen molar-refractivity contribution in [1.82, 2.24) is 4.98 Å². The van der Waals surface area contributed by atoms with E-state index in [1.807, 2.05) is 45.0 Å². The Morgan fingerprint density at radius 3 is 2.62 bits per heavy atom. The standard InChI is InChI=1S/C21H22N2OS2/c1-5-9-14(4)17-12-16(15-10-7-6-8-11-15)18-19(22)21(25-20(18)23-17)26(24)13(2)3/h5-13H,1,22H2,2-4H3. The summed E-state index contributed by atoms with van der Waals surface area (Å²) in [5, 5.41) is 0.896. The summed E-state index contributed by atoms with van der Waals surface area (Å²) in [4.78, 5) is 5.61. The van der Waals surface area contributed by atoms with Crippen LogP contribution in [0.2, 0.25) is 0 Å². The van der Waals surface area contributed by atoms with E-state index in [1.54, 1.807) is 6.08 Å². The van der Waals surface area contributed by atoms with Gasteiger partial charge in [-0.3, -0.25) is 4.21 Å². The first-order valence-electron chi connectivity index (χ1n) is 8.42. The fourth-order valence-corrected chi connectivity index (χ4v) is 5.52. The second-order valence-corrected chi connectivity index (χ2v) is 9.54. The Balaban J connectivity index is 2.36. The summed E-state index contributed by atoms with van der Waals surface area (Å²) < 4.78 is 13.4. The minimum Gasteiger partial charge on any atom is -0.396 e. The zero-order valence-electron chi connectivity index (χ0n) is 15.2. The van der Waals surface area contributed by atoms with Gasteiger partial charge in [-0.05, 0) is 29.7 Å². The number of fused-ring (bicyclic) bond motifs is 1. The van der Waals surface area contributed by atoms with Gasteiger partial charge in [0.05, 0.1) is 22.2 Å². The fraction of sp³-hybridized carbons (Fsp3) is 0.190. The Morgan fingerprint density at radius 2 is 2.00 bits per heavy atom. The van der Waals surface area contributed by atoms with E-state index in [2.05, 4.69) is 24.8 Å². The van der Waals surface area contributed by atoms with E-state index in [4.69, 9.17) is 10.7 Å². The highest BCUT2D eigenvalue weighted by Gasteiger charge is 2.22. The quantitative estimate of drug-likeness (QED) is 0.580. The van der Waals surface area contributed by atoms with E-state index in [1.165, 1.54) is 11.3 Å². The molecule has 0 saturated carbocycles. The number of benzene rings is 1. The van der Waals surface area contributed by atoms with E-state index in [-0.39, 0.29) is 5.25 Å². The first-order valence-corrected chi connectivity index (χ1v) is 10.5. The summed E-state index contributed by atoms with van der Waals surface area (Å²) in [6.07, 6.45) is 3.69. The molecule has 0 bridgehead atoms. The smallest absolute Gasteiger partial charge is 0.127 e. The monoisotopic (exact) mass is 382 g/mol. The Morgan fingerprint density at radius 1 is 1.31 bits per heavy atom. The number of hydrogen-bond donors (Lipinski definition) is 1. The van der Waals surface area contributed by atoms with Crippen molar-refractivity contribution in [3.63, 3.8) is 0 Å². The Labute approximate surface area is 160 Å². The van der Waals surface area contributed by atoms with Gasteiger partial charge in [0.15, 0.2) is 0 Å². The van der Waals surface area contributed by atoms with Crippen molar-refractivity contribution in [3.8, 4) is 11.1 Å². The highest BCUT2D eigenvalue weighted by Crippen LogP contribution is 2.42. The van der Waals surface area contributed by atoms with Gasteiger partial charge < -0.3 is 5.73 Å². The van der Waals surface area contributed by atoms with Gasteiger partial charge >= 0.3 is 0 Å². The molecular weight excluding hydrogens is 360 g/mol. The van der Waals surface area contributed by atoms with Crippen molar-refractivity contribution in [2.75, 3.05) is 5.73 Å². The lowest BCUT2D eigenvalue weighted by molar-refractivity contribution is 0.678. The van der Waals surface area contributed by atoms with Crippen LogP contribution in [0.25, 0.3) is 26.9 Å². The predicted molar refractivity (Wildman–Crippen MR) is 115 cm³/mol. The van der Waals surface area contributed by atoms with Gasteiger partial charge in [0.1, 0.15) is 9.04 Å². The van der Waals surface area contributed by atoms with Crippen LogP contribution in [0.1, 0.15) is 26.5 Å². The largest absolute Gasteiger partial charge is 0.396 e. The number of nitrogen functional groups attached to an aromatic ring is 1. The first-order chi connectivity index (χ1) is 12.4. The van der Waals surface area contributed by atoms with E-state index in [0.29, 0.717) is 9.90 Å². The molecule has 0 spiro atoms. The maximum atomic E-state index is 12.7. The molecule has 2 N–H and O–H groups in total. The topological polar surface area (TPSA) is 56.0 Å². The van der Waals surface area contributed by atoms with Gasteiger partial charge in [0, 0.05) is 10.6 Å². The van der Waals surface area contributed by atoms with Gasteiger partial charge in [-0.15, -0.1) is 11.3 Å². The van der Waals surface area contributed by atoms with Crippen molar-refractivity contribution in [2.45, 2.75) is 30.2 Å². The number of allylic oxidation sites excluding steroid dienone is 3. The molecule has 1 aromatic carbocycles. The number of thiophene rings is 1. The molecule has 3 nitrogen and oxygen atoms in total. The number of nitrogens with zero attached hydrogens (tertiary/aromatic N) is 1. The van der Waals surface area contributed by atoms with E-state index in [9.17, 15) is 4.21 Å². The van der Waals surface area contributed by atoms with Crippen LogP contribution in [0.5, 0.6) is 0 Å². The van der Waals surface area contributed by atoms with Gasteiger partial charge in [0.25, 0.3) is 0 Å². The zero-order valence-corrected chi connectivity index (χ0v) is 16.8. The van der Waals surface area contributed by atoms with E-state index < -0.39 is 10.8 Å². The minimum atomic E-state index is -1.14. The third-order valence-corrected chi connectivity index (χ3v) is 7.21. The van der Waals surface area contributed by atoms with Crippen molar-refractivity contribution >= 4 is 43.6 Å². The average molecular weight is 383 g/mol. The van der Waals surface area contributed by atoms with Crippen molar-refractivity contribution < 1.29 is 4.21 Å². The lowest BCUT2D eigenvalue weighted by Crippen LogP contribution is -2.05. The Bertz CT molecular complexity index is 1020. The number of anilines is 1. The molecule has 2 aromatic heterocycles. The maximum Gasteiger partial charge on any atom is 0.127 e. The molecule has 0 amide bonds. The summed E-state index contributed by atoms with van der Waals surface area (Å²) in [5.74, 6) is 0. The fourth-order valence-electron chi connectivity index (χ4n) is 2.77. The third kappa shape index (κ3) is 3.37. The lowest BCUT2D eigenvalue weighted by Gasteiger charge is -2.09. The molecule has 0 aliphatic rings. The molecule has 2 heterocycles. The predicted octanol–water partition coefficient (Wildman–Crippen LogP) is 5.65. The Hall–Kier alpha value is -2.24. The van der Waals surface area contributed by atoms with Crippen LogP contribution in [-0.4, -0.2) is 14.4 Å². The molecule has 0 aliphatic carbocycles. The SMILES string of the molecule is C=CC=C(C)c1cc(-c2ccccc2)c2c(N)c(S(=O)C(C)C)sc2n1. The molecule has 1 unspecified atom stereocenters. The molecular formula is C21H22N2OS2. The first kappa shape index (κ1) is 18.5. The van der Waals surface area contributed by atoms with Crippen LogP contribution in [0.15, 0.2) is 59.3 Å². The van der Waals surface area contributed by atoms with Crippen LogP contribution in [0.4, 0.5) is 5.69 Å². The third-order valence-electron chi connectivity index (χ3n) is 4.13. The summed E-state index contributed by atoms with van der Waals surface area (Å²) in [7, 11) is -1.14. The number of pyridine rings is 1. The van der Waals surface area contributed by atoms with Crippen LogP contribution in [0.3, 0.4) is 0 Å². The van der Waals surface area contributed by atoms with Crippen molar-refractivity contribution in [3.05, 3.63) is 60.8 Å². The highest BCUT2D eigenvalue weighted by molar-refractivity contribution is 7.88. The van der Waals surface area contributed by atoms with Gasteiger partial charge in [-0.2, -0.15) is 0 Å². The zero-order chi connectivity index (χ0) is 18.8. The molecule has 134 valence electrons. The van der Waals surface area contributed by atoms with Crippen molar-refractivity contribution in [1.29, 1.82) is 0 Å². The lowest BCUT2D eigenvalue weighted by atomic mass is 10.0. The summed E-state index contributed by atoms with van der Waals surface area (Å²) >= 11 is 1.43. The number of rotatable bonds is 5.